The third-order valence-electron chi connectivity index (χ3n) is 4.37. The van der Waals surface area contributed by atoms with Crippen molar-refractivity contribution >= 4 is 0 Å². The van der Waals surface area contributed by atoms with Crippen molar-refractivity contribution in [1.82, 2.24) is 0 Å². The van der Waals surface area contributed by atoms with Gasteiger partial charge in [-0.2, -0.15) is 0 Å². The van der Waals surface area contributed by atoms with Crippen molar-refractivity contribution in [3.05, 3.63) is 35.4 Å². The molecule has 0 aromatic heterocycles. The van der Waals surface area contributed by atoms with E-state index in [2.05, 4.69) is 26.8 Å². The number of allylic oxidation sites excluding steroid dienone is 2. The summed E-state index contributed by atoms with van der Waals surface area (Å²) in [6.07, 6.45) is 5.44. The van der Waals surface area contributed by atoms with E-state index < -0.39 is 0 Å². The van der Waals surface area contributed by atoms with Gasteiger partial charge >= 0.3 is 0 Å². The number of methoxy groups -OCH3 is 2. The number of epoxide rings is 1. The lowest BCUT2D eigenvalue weighted by molar-refractivity contribution is 0.0448. The van der Waals surface area contributed by atoms with Gasteiger partial charge in [-0.25, -0.2) is 0 Å². The maximum absolute atomic E-state index is 5.68. The molecule has 1 aromatic rings. The monoisotopic (exact) mass is 350 g/mol. The Morgan fingerprint density at radius 3 is 2.16 bits per heavy atom. The molecule has 0 unspecified atom stereocenters. The highest BCUT2D eigenvalue weighted by atomic mass is 16.7. The summed E-state index contributed by atoms with van der Waals surface area (Å²) in [5, 5.41) is 0. The van der Waals surface area contributed by atoms with Crippen LogP contribution in [0.3, 0.4) is 0 Å². The van der Waals surface area contributed by atoms with Crippen LogP contribution in [0, 0.1) is 0 Å². The first-order valence-electron chi connectivity index (χ1n) is 8.66. The maximum atomic E-state index is 5.68. The van der Waals surface area contributed by atoms with Crippen LogP contribution in [-0.2, 0) is 20.6 Å². The average molecular weight is 350 g/mol. The molecule has 0 amide bonds. The van der Waals surface area contributed by atoms with Crippen molar-refractivity contribution in [3.63, 3.8) is 0 Å². The number of hydrogen-bond acceptors (Lipinski definition) is 5. The van der Waals surface area contributed by atoms with E-state index >= 15 is 0 Å². The Bertz CT molecular complexity index is 553. The van der Waals surface area contributed by atoms with Crippen LogP contribution in [0.15, 0.2) is 29.8 Å². The molecule has 1 aliphatic heterocycles. The minimum absolute atomic E-state index is 0.0576. The molecule has 1 aliphatic rings. The number of benzene rings is 1. The van der Waals surface area contributed by atoms with E-state index in [0.717, 1.165) is 36.3 Å². The number of ether oxygens (including phenoxy) is 5. The molecule has 0 bridgehead atoms. The molecule has 5 nitrogen and oxygen atoms in total. The maximum Gasteiger partial charge on any atom is 0.188 e. The lowest BCUT2D eigenvalue weighted by atomic mass is 10.0. The highest BCUT2D eigenvalue weighted by Crippen LogP contribution is 2.39. The second kappa shape index (κ2) is 9.22. The number of hydrogen-bond donors (Lipinski definition) is 0. The van der Waals surface area contributed by atoms with E-state index in [1.165, 1.54) is 5.57 Å². The van der Waals surface area contributed by atoms with Crippen LogP contribution in [0.1, 0.15) is 39.2 Å². The minimum Gasteiger partial charge on any atom is -0.467 e. The van der Waals surface area contributed by atoms with Crippen molar-refractivity contribution in [1.29, 1.82) is 0 Å². The number of rotatable bonds is 11. The third kappa shape index (κ3) is 6.03. The Balaban J connectivity index is 2.02. The summed E-state index contributed by atoms with van der Waals surface area (Å²) in [7, 11) is 3.22. The fourth-order valence-corrected chi connectivity index (χ4v) is 2.74. The molecule has 0 saturated carbocycles. The Morgan fingerprint density at radius 1 is 1.12 bits per heavy atom. The van der Waals surface area contributed by atoms with Crippen molar-refractivity contribution in [2.75, 3.05) is 27.8 Å². The molecule has 1 atom stereocenters. The van der Waals surface area contributed by atoms with Gasteiger partial charge in [0.15, 0.2) is 13.6 Å². The first-order valence-corrected chi connectivity index (χ1v) is 8.66. The van der Waals surface area contributed by atoms with Gasteiger partial charge in [-0.15, -0.1) is 0 Å². The topological polar surface area (TPSA) is 49.5 Å². The highest BCUT2D eigenvalue weighted by Gasteiger charge is 2.46. The van der Waals surface area contributed by atoms with E-state index in [1.807, 2.05) is 18.2 Å². The molecule has 0 radical (unpaired) electrons. The van der Waals surface area contributed by atoms with Crippen LogP contribution in [0.4, 0.5) is 0 Å². The molecule has 140 valence electrons. The molecular formula is C20H30O5. The summed E-state index contributed by atoms with van der Waals surface area (Å²) in [6.45, 7) is 6.85. The van der Waals surface area contributed by atoms with Crippen LogP contribution < -0.4 is 9.47 Å². The largest absolute Gasteiger partial charge is 0.467 e. The zero-order valence-corrected chi connectivity index (χ0v) is 16.0. The lowest BCUT2D eigenvalue weighted by Crippen LogP contribution is -2.06. The molecule has 2 rings (SSSR count). The summed E-state index contributed by atoms with van der Waals surface area (Å²) in [5.41, 5.74) is 2.40. The summed E-state index contributed by atoms with van der Waals surface area (Å²) in [4.78, 5) is 0. The second-order valence-electron chi connectivity index (χ2n) is 6.84. The Morgan fingerprint density at radius 2 is 1.68 bits per heavy atom. The SMILES string of the molecule is COCOc1cccc(OCOC)c1C/C=C(\C)CC[C@H]1OC1(C)C. The fourth-order valence-electron chi connectivity index (χ4n) is 2.74. The average Bonchev–Trinajstić information content (AvgIpc) is 3.21. The first-order chi connectivity index (χ1) is 12.0. The van der Waals surface area contributed by atoms with E-state index in [-0.39, 0.29) is 19.2 Å². The molecule has 1 fully saturated rings. The van der Waals surface area contributed by atoms with Gasteiger partial charge in [0.05, 0.1) is 11.7 Å². The molecule has 0 spiro atoms. The van der Waals surface area contributed by atoms with Crippen molar-refractivity contribution in [2.24, 2.45) is 0 Å². The predicted molar refractivity (Wildman–Crippen MR) is 97.1 cm³/mol. The molecule has 0 N–H and O–H groups in total. The van der Waals surface area contributed by atoms with E-state index in [0.29, 0.717) is 6.10 Å². The van der Waals surface area contributed by atoms with Crippen LogP contribution >= 0.6 is 0 Å². The Labute approximate surface area is 150 Å². The van der Waals surface area contributed by atoms with Crippen molar-refractivity contribution in [2.45, 2.75) is 51.7 Å². The molecule has 1 heterocycles. The zero-order valence-electron chi connectivity index (χ0n) is 16.0. The summed E-state index contributed by atoms with van der Waals surface area (Å²) in [5.74, 6) is 1.54. The molecular weight excluding hydrogens is 320 g/mol. The van der Waals surface area contributed by atoms with Gasteiger partial charge in [-0.1, -0.05) is 17.7 Å². The van der Waals surface area contributed by atoms with Crippen LogP contribution in [-0.4, -0.2) is 39.5 Å². The lowest BCUT2D eigenvalue weighted by Gasteiger charge is -2.15. The van der Waals surface area contributed by atoms with Gasteiger partial charge in [0.25, 0.3) is 0 Å². The van der Waals surface area contributed by atoms with Gasteiger partial charge in [0.1, 0.15) is 11.5 Å². The first kappa shape index (κ1) is 19.8. The molecule has 25 heavy (non-hydrogen) atoms. The molecule has 5 heteroatoms. The molecule has 1 aromatic carbocycles. The quantitative estimate of drug-likeness (QED) is 0.342. The van der Waals surface area contributed by atoms with Gasteiger partial charge < -0.3 is 23.7 Å². The predicted octanol–water partition coefficient (Wildman–Crippen LogP) is 4.10. The van der Waals surface area contributed by atoms with Gasteiger partial charge in [0, 0.05) is 19.8 Å². The fraction of sp³-hybridized carbons (Fsp3) is 0.600. The summed E-state index contributed by atoms with van der Waals surface area (Å²) >= 11 is 0. The Hall–Kier alpha value is -1.56. The second-order valence-corrected chi connectivity index (χ2v) is 6.84. The minimum atomic E-state index is 0.0576. The molecule has 1 saturated heterocycles. The van der Waals surface area contributed by atoms with Crippen LogP contribution in [0.5, 0.6) is 11.5 Å². The normalized spacial score (nSPS) is 18.9. The zero-order chi connectivity index (χ0) is 18.3. The van der Waals surface area contributed by atoms with E-state index in [9.17, 15) is 0 Å². The smallest absolute Gasteiger partial charge is 0.188 e. The van der Waals surface area contributed by atoms with Gasteiger partial charge in [0.2, 0.25) is 0 Å². The van der Waals surface area contributed by atoms with Crippen molar-refractivity contribution < 1.29 is 23.7 Å². The standard InChI is InChI=1S/C20H30O5/c1-15(10-12-19-20(2,3)25-19)9-11-16-17(23-13-21-4)7-6-8-18(16)24-14-22-5/h6-9,19H,10-14H2,1-5H3/b15-9+/t19-/m1/s1. The van der Waals surface area contributed by atoms with E-state index in [1.54, 1.807) is 14.2 Å². The summed E-state index contributed by atoms with van der Waals surface area (Å²) in [6, 6.07) is 5.76. The van der Waals surface area contributed by atoms with Crippen LogP contribution in [0.25, 0.3) is 0 Å². The Kier molecular flexibility index (Phi) is 7.29. The van der Waals surface area contributed by atoms with Crippen molar-refractivity contribution in [3.8, 4) is 11.5 Å². The molecule has 0 aliphatic carbocycles. The third-order valence-corrected chi connectivity index (χ3v) is 4.37. The van der Waals surface area contributed by atoms with Gasteiger partial charge in [-0.05, 0) is 52.2 Å². The van der Waals surface area contributed by atoms with E-state index in [4.69, 9.17) is 23.7 Å². The van der Waals surface area contributed by atoms with Crippen LogP contribution in [0.2, 0.25) is 0 Å². The van der Waals surface area contributed by atoms with Gasteiger partial charge in [-0.3, -0.25) is 0 Å². The summed E-state index contributed by atoms with van der Waals surface area (Å²) < 4.78 is 27.1. The highest BCUT2D eigenvalue weighted by molar-refractivity contribution is 5.46.